The lowest BCUT2D eigenvalue weighted by molar-refractivity contribution is 0.483. The Hall–Kier alpha value is -4.27. The van der Waals surface area contributed by atoms with Gasteiger partial charge in [-0.15, -0.1) is 0 Å². The summed E-state index contributed by atoms with van der Waals surface area (Å²) < 4.78 is 32.3. The molecule has 7 nitrogen and oxygen atoms in total. The molecule has 1 aromatic carbocycles. The molecule has 0 radical (unpaired) electrons. The van der Waals surface area contributed by atoms with Gasteiger partial charge in [0, 0.05) is 5.57 Å². The SMILES string of the molecule is O=S(=O)(O)c1ccc(C2=C3C=CC(=N3)C=C3C=CC(=N3)C=C3C=CC(=N3)C=C3C=CC2=N3)cc1. The van der Waals surface area contributed by atoms with Crippen LogP contribution in [0.25, 0.3) is 5.57 Å². The van der Waals surface area contributed by atoms with Crippen molar-refractivity contribution in [1.82, 2.24) is 0 Å². The highest BCUT2D eigenvalue weighted by Gasteiger charge is 2.20. The van der Waals surface area contributed by atoms with Gasteiger partial charge in [-0.05, 0) is 84.5 Å². The lowest BCUT2D eigenvalue weighted by Gasteiger charge is -2.09. The second-order valence-electron chi connectivity index (χ2n) is 7.91. The summed E-state index contributed by atoms with van der Waals surface area (Å²) >= 11 is 0. The number of nitrogens with zero attached hydrogens (tertiary/aromatic N) is 4. The molecule has 5 heterocycles. The fourth-order valence-electron chi connectivity index (χ4n) is 3.98. The molecule has 0 amide bonds. The molecule has 8 heteroatoms. The van der Waals surface area contributed by atoms with Gasteiger partial charge in [0.15, 0.2) is 0 Å². The smallest absolute Gasteiger partial charge is 0.282 e. The zero-order valence-corrected chi connectivity index (χ0v) is 18.4. The van der Waals surface area contributed by atoms with Crippen molar-refractivity contribution in [2.45, 2.75) is 4.90 Å². The van der Waals surface area contributed by atoms with E-state index < -0.39 is 10.1 Å². The third-order valence-electron chi connectivity index (χ3n) is 5.53. The zero-order chi connectivity index (χ0) is 23.3. The maximum atomic E-state index is 11.5. The number of allylic oxidation sites excluding steroid dienone is 12. The van der Waals surface area contributed by atoms with E-state index in [2.05, 4.69) is 9.98 Å². The summed E-state index contributed by atoms with van der Waals surface area (Å²) in [5, 5.41) is 0. The molecule has 0 unspecified atom stereocenters. The summed E-state index contributed by atoms with van der Waals surface area (Å²) in [5.74, 6) is 0. The fraction of sp³-hybridized carbons (Fsp3) is 0. The Kier molecular flexibility index (Phi) is 4.58. The number of aliphatic imine (C=N–C) groups is 4. The molecular formula is C26H16N4O3S. The summed E-state index contributed by atoms with van der Waals surface area (Å²) in [5.41, 5.74) is 7.53. The van der Waals surface area contributed by atoms with Crippen LogP contribution in [0.3, 0.4) is 0 Å². The van der Waals surface area contributed by atoms with E-state index in [4.69, 9.17) is 9.98 Å². The molecule has 164 valence electrons. The largest absolute Gasteiger partial charge is 0.294 e. The van der Waals surface area contributed by atoms with Crippen molar-refractivity contribution in [1.29, 1.82) is 0 Å². The van der Waals surface area contributed by atoms with Crippen molar-refractivity contribution < 1.29 is 13.0 Å². The first-order valence-corrected chi connectivity index (χ1v) is 11.9. The van der Waals surface area contributed by atoms with Gasteiger partial charge in [-0.3, -0.25) is 4.55 Å². The molecule has 1 N–H and O–H groups in total. The van der Waals surface area contributed by atoms with Crippen LogP contribution < -0.4 is 0 Å². The van der Waals surface area contributed by atoms with E-state index >= 15 is 0 Å². The first kappa shape index (κ1) is 20.3. The molecule has 34 heavy (non-hydrogen) atoms. The maximum Gasteiger partial charge on any atom is 0.294 e. The molecule has 0 spiro atoms. The lowest BCUT2D eigenvalue weighted by Crippen LogP contribution is -2.02. The molecule has 1 aromatic rings. The fourth-order valence-corrected chi connectivity index (χ4v) is 4.46. The number of benzene rings is 1. The van der Waals surface area contributed by atoms with Crippen molar-refractivity contribution in [2.24, 2.45) is 20.0 Å². The van der Waals surface area contributed by atoms with E-state index in [1.165, 1.54) is 12.1 Å². The Balaban J connectivity index is 1.53. The molecule has 0 saturated heterocycles. The van der Waals surface area contributed by atoms with Crippen LogP contribution in [-0.2, 0) is 10.1 Å². The minimum atomic E-state index is -4.29. The Morgan fingerprint density at radius 2 is 1.12 bits per heavy atom. The predicted molar refractivity (Wildman–Crippen MR) is 134 cm³/mol. The summed E-state index contributed by atoms with van der Waals surface area (Å²) in [6.07, 6.45) is 21.0. The summed E-state index contributed by atoms with van der Waals surface area (Å²) in [6, 6.07) is 6.01. The van der Waals surface area contributed by atoms with Crippen molar-refractivity contribution in [3.63, 3.8) is 0 Å². The van der Waals surface area contributed by atoms with E-state index in [1.807, 2.05) is 66.8 Å². The Morgan fingerprint density at radius 1 is 0.588 bits per heavy atom. The third-order valence-corrected chi connectivity index (χ3v) is 6.40. The van der Waals surface area contributed by atoms with E-state index in [9.17, 15) is 13.0 Å². The minimum absolute atomic E-state index is 0.174. The number of hydrogen-bond acceptors (Lipinski definition) is 6. The Morgan fingerprint density at radius 3 is 1.74 bits per heavy atom. The van der Waals surface area contributed by atoms with Crippen LogP contribution in [0, 0.1) is 0 Å². The molecule has 0 aliphatic carbocycles. The summed E-state index contributed by atoms with van der Waals surface area (Å²) in [7, 11) is -4.29. The van der Waals surface area contributed by atoms with Gasteiger partial charge in [0.25, 0.3) is 10.1 Å². The highest BCUT2D eigenvalue weighted by atomic mass is 32.2. The first-order valence-electron chi connectivity index (χ1n) is 10.5. The van der Waals surface area contributed by atoms with Gasteiger partial charge in [-0.1, -0.05) is 12.1 Å². The van der Waals surface area contributed by atoms with Gasteiger partial charge in [0.1, 0.15) is 0 Å². The van der Waals surface area contributed by atoms with Gasteiger partial charge in [0.05, 0.1) is 50.5 Å². The second-order valence-corrected chi connectivity index (χ2v) is 9.33. The molecule has 5 aliphatic rings. The normalized spacial score (nSPS) is 20.2. The van der Waals surface area contributed by atoms with Crippen molar-refractivity contribution in [3.8, 4) is 0 Å². The summed E-state index contributed by atoms with van der Waals surface area (Å²) in [4.78, 5) is 18.6. The zero-order valence-electron chi connectivity index (χ0n) is 17.6. The van der Waals surface area contributed by atoms with Gasteiger partial charge in [-0.25, -0.2) is 20.0 Å². The van der Waals surface area contributed by atoms with E-state index in [1.54, 1.807) is 12.1 Å². The van der Waals surface area contributed by atoms with Crippen LogP contribution in [0.1, 0.15) is 5.56 Å². The predicted octanol–water partition coefficient (Wildman–Crippen LogP) is 4.35. The molecule has 8 bridgehead atoms. The molecule has 5 aliphatic heterocycles. The molecule has 0 aromatic heterocycles. The Labute approximate surface area is 195 Å². The highest BCUT2D eigenvalue weighted by Crippen LogP contribution is 2.30. The molecular weight excluding hydrogens is 448 g/mol. The molecule has 0 fully saturated rings. The monoisotopic (exact) mass is 464 g/mol. The summed E-state index contributed by atoms with van der Waals surface area (Å²) in [6.45, 7) is 0. The van der Waals surface area contributed by atoms with Gasteiger partial charge < -0.3 is 0 Å². The molecule has 0 saturated carbocycles. The minimum Gasteiger partial charge on any atom is -0.282 e. The average Bonchev–Trinajstić information content (AvgIpc) is 3.59. The quantitative estimate of drug-likeness (QED) is 0.658. The van der Waals surface area contributed by atoms with Crippen LogP contribution in [0.15, 0.2) is 139 Å². The number of hydrogen-bond donors (Lipinski definition) is 1. The topological polar surface area (TPSA) is 104 Å². The van der Waals surface area contributed by atoms with Crippen LogP contribution >= 0.6 is 0 Å². The van der Waals surface area contributed by atoms with E-state index in [0.29, 0.717) is 11.4 Å². The molecule has 0 atom stereocenters. The van der Waals surface area contributed by atoms with Crippen LogP contribution in [0.5, 0.6) is 0 Å². The van der Waals surface area contributed by atoms with E-state index in [0.717, 1.165) is 45.4 Å². The third kappa shape index (κ3) is 3.85. The average molecular weight is 465 g/mol. The maximum absolute atomic E-state index is 11.5. The van der Waals surface area contributed by atoms with Crippen LogP contribution in [0.2, 0.25) is 0 Å². The van der Waals surface area contributed by atoms with Gasteiger partial charge in [-0.2, -0.15) is 8.42 Å². The van der Waals surface area contributed by atoms with E-state index in [-0.39, 0.29) is 4.90 Å². The molecule has 6 rings (SSSR count). The van der Waals surface area contributed by atoms with Gasteiger partial charge in [0.2, 0.25) is 0 Å². The standard InChI is InChI=1S/C26H16N4O3S/c31-34(32,33)23-9-1-16(2-10-23)26-24-11-7-21(29-24)14-19-5-3-17(27-19)13-18-4-6-20(28-18)15-22-8-12-25(26)30-22/h1-15H,(H,31,32,33). The van der Waals surface area contributed by atoms with Crippen LogP contribution in [-0.4, -0.2) is 35.8 Å². The van der Waals surface area contributed by atoms with Gasteiger partial charge >= 0.3 is 0 Å². The van der Waals surface area contributed by atoms with Crippen LogP contribution in [0.4, 0.5) is 0 Å². The van der Waals surface area contributed by atoms with Crippen molar-refractivity contribution >= 4 is 38.5 Å². The van der Waals surface area contributed by atoms with Crippen molar-refractivity contribution in [2.75, 3.05) is 0 Å². The lowest BCUT2D eigenvalue weighted by atomic mass is 9.99. The first-order chi connectivity index (χ1) is 16.4. The highest BCUT2D eigenvalue weighted by molar-refractivity contribution is 7.85. The number of rotatable bonds is 2. The second kappa shape index (κ2) is 7.65. The Bertz CT molecular complexity index is 1630. The van der Waals surface area contributed by atoms with Crippen molar-refractivity contribution in [3.05, 3.63) is 119 Å². The number of fused-ring (bicyclic) bond motifs is 4.